The van der Waals surface area contributed by atoms with Gasteiger partial charge >= 0.3 is 7.82 Å². The summed E-state index contributed by atoms with van der Waals surface area (Å²) >= 11 is 0. The normalized spacial score (nSPS) is 12.7. The van der Waals surface area contributed by atoms with Crippen LogP contribution in [0.3, 0.4) is 0 Å². The summed E-state index contributed by atoms with van der Waals surface area (Å²) in [7, 11) is -3.52. The standard InChI is InChI=1S/C21H45O4P/c1-6-11-16-21(17-12-7-2,18-13-8-3)25-26(22,23-19-14-9-4)24-20-15-10-5/h6-20H2,1-5H3. The third kappa shape index (κ3) is 11.7. The van der Waals surface area contributed by atoms with Crippen LogP contribution in [0.15, 0.2) is 0 Å². The third-order valence-electron chi connectivity index (χ3n) is 4.76. The Bertz CT molecular complexity index is 324. The van der Waals surface area contributed by atoms with E-state index in [2.05, 4.69) is 34.6 Å². The van der Waals surface area contributed by atoms with Crippen LogP contribution in [0.2, 0.25) is 0 Å². The quantitative estimate of drug-likeness (QED) is 0.165. The van der Waals surface area contributed by atoms with Gasteiger partial charge in [0.25, 0.3) is 0 Å². The van der Waals surface area contributed by atoms with Crippen molar-refractivity contribution in [3.63, 3.8) is 0 Å². The summed E-state index contributed by atoms with van der Waals surface area (Å²) in [6, 6.07) is 0. The van der Waals surface area contributed by atoms with Gasteiger partial charge in [-0.05, 0) is 32.1 Å². The van der Waals surface area contributed by atoms with Gasteiger partial charge in [0, 0.05) is 0 Å². The molecule has 0 N–H and O–H groups in total. The predicted octanol–water partition coefficient (Wildman–Crippen LogP) is 8.05. The Morgan fingerprint density at radius 3 is 1.27 bits per heavy atom. The Labute approximate surface area is 163 Å². The SMILES string of the molecule is CCCCOP(=O)(OCCCC)OC(CCCC)(CCCC)CCCC. The monoisotopic (exact) mass is 392 g/mol. The highest BCUT2D eigenvalue weighted by molar-refractivity contribution is 7.48. The van der Waals surface area contributed by atoms with Crippen molar-refractivity contribution in [2.45, 2.75) is 124 Å². The topological polar surface area (TPSA) is 44.8 Å². The maximum Gasteiger partial charge on any atom is 0.475 e. The molecular weight excluding hydrogens is 347 g/mol. The minimum atomic E-state index is -3.52. The number of hydrogen-bond donors (Lipinski definition) is 0. The van der Waals surface area contributed by atoms with Gasteiger partial charge in [-0.15, -0.1) is 0 Å². The smallest absolute Gasteiger partial charge is 0.287 e. The molecule has 4 nitrogen and oxygen atoms in total. The molecule has 0 radical (unpaired) electrons. The first-order valence-electron chi connectivity index (χ1n) is 11.1. The number of phosphoric acid groups is 1. The fourth-order valence-corrected chi connectivity index (χ4v) is 4.61. The molecule has 0 fully saturated rings. The fraction of sp³-hybridized carbons (Fsp3) is 1.00. The van der Waals surface area contributed by atoms with Crippen molar-refractivity contribution < 1.29 is 18.1 Å². The molecule has 0 aromatic carbocycles. The van der Waals surface area contributed by atoms with E-state index in [0.29, 0.717) is 13.2 Å². The van der Waals surface area contributed by atoms with E-state index in [0.717, 1.165) is 83.5 Å². The van der Waals surface area contributed by atoms with Crippen molar-refractivity contribution in [2.75, 3.05) is 13.2 Å². The molecule has 0 heterocycles. The second-order valence-electron chi connectivity index (χ2n) is 7.41. The van der Waals surface area contributed by atoms with Gasteiger partial charge in [-0.3, -0.25) is 13.6 Å². The van der Waals surface area contributed by atoms with E-state index in [9.17, 15) is 4.57 Å². The lowest BCUT2D eigenvalue weighted by Gasteiger charge is -2.36. The van der Waals surface area contributed by atoms with Crippen molar-refractivity contribution >= 4 is 7.82 Å². The van der Waals surface area contributed by atoms with Gasteiger partial charge in [0.05, 0.1) is 18.8 Å². The average Bonchev–Trinajstić information content (AvgIpc) is 2.63. The molecule has 5 heteroatoms. The highest BCUT2D eigenvalue weighted by Gasteiger charge is 2.40. The van der Waals surface area contributed by atoms with E-state index in [1.165, 1.54) is 0 Å². The Balaban J connectivity index is 5.31. The molecule has 26 heavy (non-hydrogen) atoms. The molecule has 0 saturated heterocycles. The molecule has 0 aliphatic rings. The molecule has 158 valence electrons. The summed E-state index contributed by atoms with van der Waals surface area (Å²) in [5, 5.41) is 0. The molecule has 0 aliphatic carbocycles. The van der Waals surface area contributed by atoms with Gasteiger partial charge in [0.2, 0.25) is 0 Å². The van der Waals surface area contributed by atoms with E-state index in [4.69, 9.17) is 13.6 Å². The van der Waals surface area contributed by atoms with Crippen molar-refractivity contribution in [1.29, 1.82) is 0 Å². The van der Waals surface area contributed by atoms with Crippen LogP contribution in [-0.4, -0.2) is 18.8 Å². The van der Waals surface area contributed by atoms with Crippen molar-refractivity contribution in [2.24, 2.45) is 0 Å². The summed E-state index contributed by atoms with van der Waals surface area (Å²) in [6.07, 6.45) is 13.1. The molecule has 0 atom stereocenters. The van der Waals surface area contributed by atoms with Gasteiger partial charge in [-0.25, -0.2) is 4.57 Å². The van der Waals surface area contributed by atoms with E-state index < -0.39 is 7.82 Å². The van der Waals surface area contributed by atoms with Gasteiger partial charge in [0.1, 0.15) is 0 Å². The summed E-state index contributed by atoms with van der Waals surface area (Å²) < 4.78 is 31.2. The van der Waals surface area contributed by atoms with E-state index in [1.807, 2.05) is 0 Å². The third-order valence-corrected chi connectivity index (χ3v) is 6.37. The highest BCUT2D eigenvalue weighted by Crippen LogP contribution is 2.56. The summed E-state index contributed by atoms with van der Waals surface area (Å²) in [5.74, 6) is 0. The Morgan fingerprint density at radius 2 is 0.962 bits per heavy atom. The van der Waals surface area contributed by atoms with Crippen LogP contribution in [0.1, 0.15) is 118 Å². The Kier molecular flexibility index (Phi) is 16.2. The average molecular weight is 393 g/mol. The number of hydrogen-bond acceptors (Lipinski definition) is 4. The van der Waals surface area contributed by atoms with Gasteiger partial charge < -0.3 is 0 Å². The first-order valence-corrected chi connectivity index (χ1v) is 12.6. The van der Waals surface area contributed by atoms with Gasteiger partial charge in [-0.1, -0.05) is 86.0 Å². The summed E-state index contributed by atoms with van der Waals surface area (Å²) in [5.41, 5.74) is -0.379. The molecule has 0 aliphatic heterocycles. The first kappa shape index (κ1) is 26.1. The molecule has 0 spiro atoms. The number of rotatable bonds is 19. The molecule has 0 rings (SSSR count). The lowest BCUT2D eigenvalue weighted by molar-refractivity contribution is -0.0136. The maximum absolute atomic E-state index is 13.4. The zero-order valence-corrected chi connectivity index (χ0v) is 19.1. The van der Waals surface area contributed by atoms with Gasteiger partial charge in [-0.2, -0.15) is 0 Å². The van der Waals surface area contributed by atoms with Gasteiger partial charge in [0.15, 0.2) is 0 Å². The largest absolute Gasteiger partial charge is 0.475 e. The minimum Gasteiger partial charge on any atom is -0.287 e. The fourth-order valence-electron chi connectivity index (χ4n) is 2.98. The molecule has 0 saturated carbocycles. The summed E-state index contributed by atoms with van der Waals surface area (Å²) in [4.78, 5) is 0. The van der Waals surface area contributed by atoms with E-state index in [-0.39, 0.29) is 5.60 Å². The first-order chi connectivity index (χ1) is 12.5. The van der Waals surface area contributed by atoms with Crippen LogP contribution in [0, 0.1) is 0 Å². The lowest BCUT2D eigenvalue weighted by atomic mass is 9.86. The van der Waals surface area contributed by atoms with Crippen LogP contribution in [0.25, 0.3) is 0 Å². The van der Waals surface area contributed by atoms with Crippen LogP contribution in [0.5, 0.6) is 0 Å². The zero-order chi connectivity index (χ0) is 19.7. The summed E-state index contributed by atoms with van der Waals surface area (Å²) in [6.45, 7) is 11.7. The Hall–Kier alpha value is 0.110. The second kappa shape index (κ2) is 16.1. The molecule has 0 bridgehead atoms. The van der Waals surface area contributed by atoms with E-state index >= 15 is 0 Å². The lowest BCUT2D eigenvalue weighted by Crippen LogP contribution is -2.32. The highest BCUT2D eigenvalue weighted by atomic mass is 31.2. The molecule has 0 aromatic heterocycles. The number of unbranched alkanes of at least 4 members (excludes halogenated alkanes) is 5. The minimum absolute atomic E-state index is 0.379. The van der Waals surface area contributed by atoms with Crippen molar-refractivity contribution in [3.05, 3.63) is 0 Å². The zero-order valence-electron chi connectivity index (χ0n) is 18.2. The van der Waals surface area contributed by atoms with Crippen molar-refractivity contribution in [3.8, 4) is 0 Å². The second-order valence-corrected chi connectivity index (χ2v) is 9.00. The van der Waals surface area contributed by atoms with Crippen LogP contribution >= 0.6 is 7.82 Å². The maximum atomic E-state index is 13.4. The van der Waals surface area contributed by atoms with E-state index in [1.54, 1.807) is 0 Å². The molecule has 0 aromatic rings. The van der Waals surface area contributed by atoms with Crippen LogP contribution in [-0.2, 0) is 18.1 Å². The molecule has 0 unspecified atom stereocenters. The predicted molar refractivity (Wildman–Crippen MR) is 112 cm³/mol. The van der Waals surface area contributed by atoms with Crippen LogP contribution < -0.4 is 0 Å². The van der Waals surface area contributed by atoms with Crippen molar-refractivity contribution in [1.82, 2.24) is 0 Å². The van der Waals surface area contributed by atoms with Crippen LogP contribution in [0.4, 0.5) is 0 Å². The molecular formula is C21H45O4P. The molecule has 0 amide bonds. The number of phosphoric ester groups is 1. The Morgan fingerprint density at radius 1 is 0.615 bits per heavy atom.